The molecule has 162 valence electrons. The van der Waals surface area contributed by atoms with E-state index in [1.807, 2.05) is 17.2 Å². The highest BCUT2D eigenvalue weighted by atomic mass is 16.3. The standard InChI is InChI=1S/C27H27N3O2/c1-19(31)30-11-8-21(9-12-30)20-4-6-26(7-5-20)29-17-25-16-28-15-23-3-2-22(14-27(23)25)24-10-13-32-18-24/h2-7,10,13-15,17-18,21,29H,8-9,11-12,16H2,1H3/b25-17+. The molecule has 0 spiro atoms. The van der Waals surface area contributed by atoms with E-state index < -0.39 is 0 Å². The largest absolute Gasteiger partial charge is 0.472 e. The Hall–Kier alpha value is -3.60. The van der Waals surface area contributed by atoms with Crippen molar-refractivity contribution in [3.8, 4) is 11.1 Å². The summed E-state index contributed by atoms with van der Waals surface area (Å²) in [6, 6.07) is 17.1. The molecule has 1 saturated heterocycles. The molecule has 1 amide bonds. The number of carbonyl (C=O) groups excluding carboxylic acids is 1. The van der Waals surface area contributed by atoms with Gasteiger partial charge in [0, 0.05) is 43.7 Å². The summed E-state index contributed by atoms with van der Waals surface area (Å²) >= 11 is 0. The first-order valence-electron chi connectivity index (χ1n) is 11.2. The number of piperidine rings is 1. The van der Waals surface area contributed by atoms with Gasteiger partial charge in [0.2, 0.25) is 5.91 Å². The molecule has 5 rings (SSSR count). The highest BCUT2D eigenvalue weighted by molar-refractivity contribution is 5.94. The average molecular weight is 426 g/mol. The SMILES string of the molecule is CC(=O)N1CCC(c2ccc(N/C=C3\CN=Cc4ccc(-c5ccoc5)cc43)cc2)CC1. The third-order valence-electron chi connectivity index (χ3n) is 6.48. The van der Waals surface area contributed by atoms with Crippen LogP contribution in [0.25, 0.3) is 16.7 Å². The lowest BCUT2D eigenvalue weighted by molar-refractivity contribution is -0.129. The molecule has 1 N–H and O–H groups in total. The Labute approximate surface area is 188 Å². The Morgan fingerprint density at radius 2 is 1.91 bits per heavy atom. The molecule has 0 bridgehead atoms. The third kappa shape index (κ3) is 4.24. The minimum atomic E-state index is 0.182. The van der Waals surface area contributed by atoms with Crippen molar-refractivity contribution in [2.75, 3.05) is 25.0 Å². The predicted molar refractivity (Wildman–Crippen MR) is 129 cm³/mol. The minimum Gasteiger partial charge on any atom is -0.472 e. The fraction of sp³-hybridized carbons (Fsp3) is 0.259. The number of rotatable bonds is 4. The van der Waals surface area contributed by atoms with Gasteiger partial charge in [-0.1, -0.05) is 24.3 Å². The molecule has 1 fully saturated rings. The number of hydrogen-bond acceptors (Lipinski definition) is 4. The molecule has 1 aromatic heterocycles. The van der Waals surface area contributed by atoms with Crippen molar-refractivity contribution in [3.05, 3.63) is 83.9 Å². The number of likely N-dealkylation sites (tertiary alicyclic amines) is 1. The molecule has 0 unspecified atom stereocenters. The van der Waals surface area contributed by atoms with Gasteiger partial charge < -0.3 is 14.6 Å². The number of anilines is 1. The van der Waals surface area contributed by atoms with Gasteiger partial charge in [0.1, 0.15) is 0 Å². The topological polar surface area (TPSA) is 57.8 Å². The van der Waals surface area contributed by atoms with Gasteiger partial charge in [-0.15, -0.1) is 0 Å². The fourth-order valence-electron chi connectivity index (χ4n) is 4.56. The molecule has 32 heavy (non-hydrogen) atoms. The first-order valence-corrected chi connectivity index (χ1v) is 11.2. The zero-order valence-electron chi connectivity index (χ0n) is 18.3. The normalized spacial score (nSPS) is 17.4. The molecule has 0 saturated carbocycles. The smallest absolute Gasteiger partial charge is 0.219 e. The first kappa shape index (κ1) is 20.3. The number of furan rings is 1. The van der Waals surface area contributed by atoms with Gasteiger partial charge >= 0.3 is 0 Å². The molecule has 0 radical (unpaired) electrons. The summed E-state index contributed by atoms with van der Waals surface area (Å²) in [5.41, 5.74) is 8.11. The number of aliphatic imine (C=N–C) groups is 1. The van der Waals surface area contributed by atoms with Gasteiger partial charge in [-0.25, -0.2) is 0 Å². The maximum absolute atomic E-state index is 11.5. The molecule has 5 nitrogen and oxygen atoms in total. The number of nitrogens with one attached hydrogen (secondary N) is 1. The molecule has 2 aromatic carbocycles. The molecule has 3 heterocycles. The maximum Gasteiger partial charge on any atom is 0.219 e. The Bertz CT molecular complexity index is 1150. The molecule has 2 aliphatic rings. The summed E-state index contributed by atoms with van der Waals surface area (Å²) in [5.74, 6) is 0.709. The van der Waals surface area contributed by atoms with Gasteiger partial charge in [0.05, 0.1) is 19.1 Å². The molecule has 0 aliphatic carbocycles. The van der Waals surface area contributed by atoms with E-state index in [4.69, 9.17) is 4.42 Å². The van der Waals surface area contributed by atoms with Gasteiger partial charge in [0.25, 0.3) is 0 Å². The summed E-state index contributed by atoms with van der Waals surface area (Å²) in [5, 5.41) is 3.45. The van der Waals surface area contributed by atoms with Gasteiger partial charge in [0.15, 0.2) is 0 Å². The van der Waals surface area contributed by atoms with Crippen LogP contribution in [0.3, 0.4) is 0 Å². The lowest BCUT2D eigenvalue weighted by atomic mass is 9.89. The lowest BCUT2D eigenvalue weighted by Gasteiger charge is -2.31. The van der Waals surface area contributed by atoms with Crippen molar-refractivity contribution in [1.82, 2.24) is 4.90 Å². The third-order valence-corrected chi connectivity index (χ3v) is 6.48. The molecule has 0 atom stereocenters. The van der Waals surface area contributed by atoms with E-state index in [1.165, 1.54) is 11.1 Å². The quantitative estimate of drug-likeness (QED) is 0.596. The summed E-state index contributed by atoms with van der Waals surface area (Å²) in [4.78, 5) is 18.0. The summed E-state index contributed by atoms with van der Waals surface area (Å²) in [7, 11) is 0. The zero-order chi connectivity index (χ0) is 21.9. The van der Waals surface area contributed by atoms with Crippen molar-refractivity contribution in [3.63, 3.8) is 0 Å². The fourth-order valence-corrected chi connectivity index (χ4v) is 4.56. The first-order chi connectivity index (χ1) is 15.7. The van der Waals surface area contributed by atoms with Crippen LogP contribution in [0, 0.1) is 0 Å². The Morgan fingerprint density at radius 1 is 1.09 bits per heavy atom. The highest BCUT2D eigenvalue weighted by Gasteiger charge is 2.21. The van der Waals surface area contributed by atoms with Crippen LogP contribution in [-0.2, 0) is 4.79 Å². The van der Waals surface area contributed by atoms with Crippen molar-refractivity contribution >= 4 is 23.4 Å². The second kappa shape index (κ2) is 8.87. The number of amides is 1. The van der Waals surface area contributed by atoms with Crippen molar-refractivity contribution in [1.29, 1.82) is 0 Å². The van der Waals surface area contributed by atoms with Crippen LogP contribution in [-0.4, -0.2) is 36.7 Å². The molecular formula is C27H27N3O2. The summed E-state index contributed by atoms with van der Waals surface area (Å²) < 4.78 is 5.24. The van der Waals surface area contributed by atoms with E-state index in [1.54, 1.807) is 19.5 Å². The second-order valence-electron chi connectivity index (χ2n) is 8.50. The number of hydrogen-bond donors (Lipinski definition) is 1. The molecular weight excluding hydrogens is 398 g/mol. The van der Waals surface area contributed by atoms with Crippen molar-refractivity contribution in [2.45, 2.75) is 25.7 Å². The Kier molecular flexibility index (Phi) is 5.63. The van der Waals surface area contributed by atoms with Crippen LogP contribution in [0.4, 0.5) is 5.69 Å². The van der Waals surface area contributed by atoms with Gasteiger partial charge in [-0.2, -0.15) is 0 Å². The van der Waals surface area contributed by atoms with E-state index in [0.29, 0.717) is 12.5 Å². The minimum absolute atomic E-state index is 0.182. The van der Waals surface area contributed by atoms with Crippen LogP contribution in [0.2, 0.25) is 0 Å². The summed E-state index contributed by atoms with van der Waals surface area (Å²) in [6.45, 7) is 4.02. The van der Waals surface area contributed by atoms with Gasteiger partial charge in [-0.3, -0.25) is 9.79 Å². The Morgan fingerprint density at radius 3 is 2.62 bits per heavy atom. The van der Waals surface area contributed by atoms with Crippen LogP contribution >= 0.6 is 0 Å². The molecule has 5 heteroatoms. The van der Waals surface area contributed by atoms with E-state index in [2.05, 4.69) is 59.0 Å². The lowest BCUT2D eigenvalue weighted by Crippen LogP contribution is -2.36. The van der Waals surface area contributed by atoms with E-state index in [9.17, 15) is 4.79 Å². The second-order valence-corrected chi connectivity index (χ2v) is 8.50. The Balaban J connectivity index is 1.29. The van der Waals surface area contributed by atoms with Crippen LogP contribution in [0.5, 0.6) is 0 Å². The van der Waals surface area contributed by atoms with E-state index >= 15 is 0 Å². The van der Waals surface area contributed by atoms with E-state index in [-0.39, 0.29) is 5.91 Å². The van der Waals surface area contributed by atoms with Crippen LogP contribution < -0.4 is 5.32 Å². The predicted octanol–water partition coefficient (Wildman–Crippen LogP) is 5.56. The van der Waals surface area contributed by atoms with E-state index in [0.717, 1.165) is 53.9 Å². The number of fused-ring (bicyclic) bond motifs is 1. The van der Waals surface area contributed by atoms with Crippen LogP contribution in [0.15, 0.2) is 76.7 Å². The van der Waals surface area contributed by atoms with Crippen molar-refractivity contribution < 1.29 is 9.21 Å². The van der Waals surface area contributed by atoms with Gasteiger partial charge in [-0.05, 0) is 70.9 Å². The summed E-state index contributed by atoms with van der Waals surface area (Å²) in [6.07, 6.45) is 9.54. The van der Waals surface area contributed by atoms with Crippen LogP contribution in [0.1, 0.15) is 42.4 Å². The number of nitrogens with zero attached hydrogens (tertiary/aromatic N) is 2. The number of carbonyl (C=O) groups is 1. The average Bonchev–Trinajstić information content (AvgIpc) is 3.38. The molecule has 2 aliphatic heterocycles. The highest BCUT2D eigenvalue weighted by Crippen LogP contribution is 2.30. The number of benzene rings is 2. The zero-order valence-corrected chi connectivity index (χ0v) is 18.3. The molecule has 3 aromatic rings. The monoisotopic (exact) mass is 425 g/mol. The van der Waals surface area contributed by atoms with Crippen molar-refractivity contribution in [2.24, 2.45) is 4.99 Å². The maximum atomic E-state index is 11.5.